The van der Waals surface area contributed by atoms with Crippen molar-refractivity contribution in [2.24, 2.45) is 5.92 Å². The van der Waals surface area contributed by atoms with Gasteiger partial charge in [0.2, 0.25) is 0 Å². The van der Waals surface area contributed by atoms with Crippen LogP contribution in [0.25, 0.3) is 0 Å². The van der Waals surface area contributed by atoms with Crippen molar-refractivity contribution < 1.29 is 5.11 Å². The fraction of sp³-hybridized carbons (Fsp3) is 0.727. The second-order valence-corrected chi connectivity index (χ2v) is 8.69. The van der Waals surface area contributed by atoms with Gasteiger partial charge in [0.05, 0.1) is 5.60 Å². The summed E-state index contributed by atoms with van der Waals surface area (Å²) in [6, 6.07) is 11.3. The van der Waals surface area contributed by atoms with Crippen molar-refractivity contribution in [3.8, 4) is 0 Å². The van der Waals surface area contributed by atoms with E-state index in [0.717, 1.165) is 44.3 Å². The van der Waals surface area contributed by atoms with Crippen LogP contribution in [0.4, 0.5) is 0 Å². The number of aliphatic hydroxyl groups is 1. The Morgan fingerprint density at radius 3 is 2.48 bits per heavy atom. The third-order valence-electron chi connectivity index (χ3n) is 6.88. The van der Waals surface area contributed by atoms with Gasteiger partial charge in [-0.3, -0.25) is 0 Å². The molecule has 138 valence electrons. The lowest BCUT2D eigenvalue weighted by Crippen LogP contribution is -2.53. The molecule has 0 unspecified atom stereocenters. The number of hydrogen-bond donors (Lipinski definition) is 1. The summed E-state index contributed by atoms with van der Waals surface area (Å²) in [6.07, 6.45) is 9.68. The van der Waals surface area contributed by atoms with Crippen molar-refractivity contribution in [1.29, 1.82) is 0 Å². The highest BCUT2D eigenvalue weighted by Crippen LogP contribution is 2.33. The van der Waals surface area contributed by atoms with E-state index >= 15 is 0 Å². The number of nitrogens with zero attached hydrogens (tertiary/aromatic N) is 2. The zero-order chi connectivity index (χ0) is 17.1. The van der Waals surface area contributed by atoms with Crippen LogP contribution in [0, 0.1) is 5.92 Å². The molecule has 4 rings (SSSR count). The van der Waals surface area contributed by atoms with E-state index in [4.69, 9.17) is 0 Å². The molecule has 0 bridgehead atoms. The highest BCUT2D eigenvalue weighted by molar-refractivity contribution is 5.17. The maximum atomic E-state index is 11.0. The van der Waals surface area contributed by atoms with Crippen molar-refractivity contribution in [3.63, 3.8) is 0 Å². The Labute approximate surface area is 153 Å². The third kappa shape index (κ3) is 4.27. The lowest BCUT2D eigenvalue weighted by molar-refractivity contribution is -0.0324. The van der Waals surface area contributed by atoms with E-state index < -0.39 is 5.60 Å². The number of fused-ring (bicyclic) bond motifs is 1. The SMILES string of the molecule is OC1(Cc2ccccc2)CCN(C[C@@H]2CCCN3CCCC[C@H]23)CC1. The van der Waals surface area contributed by atoms with E-state index in [0.29, 0.717) is 0 Å². The van der Waals surface area contributed by atoms with Crippen LogP contribution in [-0.4, -0.2) is 59.3 Å². The van der Waals surface area contributed by atoms with Crippen LogP contribution in [0.2, 0.25) is 0 Å². The van der Waals surface area contributed by atoms with Gasteiger partial charge >= 0.3 is 0 Å². The van der Waals surface area contributed by atoms with Crippen molar-refractivity contribution in [3.05, 3.63) is 35.9 Å². The molecule has 3 aliphatic heterocycles. The maximum Gasteiger partial charge on any atom is 0.0712 e. The Bertz CT molecular complexity index is 536. The molecule has 25 heavy (non-hydrogen) atoms. The molecule has 0 aromatic heterocycles. The molecule has 0 aliphatic carbocycles. The normalized spacial score (nSPS) is 30.8. The van der Waals surface area contributed by atoms with Crippen LogP contribution in [-0.2, 0) is 6.42 Å². The summed E-state index contributed by atoms with van der Waals surface area (Å²) in [5, 5.41) is 11.0. The Hall–Kier alpha value is -0.900. The highest BCUT2D eigenvalue weighted by atomic mass is 16.3. The number of rotatable bonds is 4. The van der Waals surface area contributed by atoms with Gasteiger partial charge < -0.3 is 14.9 Å². The third-order valence-corrected chi connectivity index (χ3v) is 6.88. The summed E-state index contributed by atoms with van der Waals surface area (Å²) >= 11 is 0. The molecule has 3 saturated heterocycles. The van der Waals surface area contributed by atoms with Crippen LogP contribution in [0.15, 0.2) is 30.3 Å². The maximum absolute atomic E-state index is 11.0. The van der Waals surface area contributed by atoms with Crippen LogP contribution in [0.1, 0.15) is 50.5 Å². The first kappa shape index (κ1) is 17.5. The predicted octanol–water partition coefficient (Wildman–Crippen LogP) is 3.32. The number of benzene rings is 1. The number of hydrogen-bond acceptors (Lipinski definition) is 3. The minimum atomic E-state index is -0.499. The minimum Gasteiger partial charge on any atom is -0.389 e. The van der Waals surface area contributed by atoms with Crippen molar-refractivity contribution in [1.82, 2.24) is 9.80 Å². The Balaban J connectivity index is 1.29. The van der Waals surface area contributed by atoms with E-state index in [-0.39, 0.29) is 0 Å². The summed E-state index contributed by atoms with van der Waals surface area (Å²) in [6.45, 7) is 6.04. The molecule has 3 heteroatoms. The first-order chi connectivity index (χ1) is 12.2. The first-order valence-corrected chi connectivity index (χ1v) is 10.4. The zero-order valence-electron chi connectivity index (χ0n) is 15.6. The van der Waals surface area contributed by atoms with Gasteiger partial charge in [-0.1, -0.05) is 36.8 Å². The molecule has 3 aliphatic rings. The largest absolute Gasteiger partial charge is 0.389 e. The lowest BCUT2D eigenvalue weighted by atomic mass is 9.81. The summed E-state index contributed by atoms with van der Waals surface area (Å²) < 4.78 is 0. The monoisotopic (exact) mass is 342 g/mol. The van der Waals surface area contributed by atoms with Gasteiger partial charge in [-0.25, -0.2) is 0 Å². The van der Waals surface area contributed by atoms with Crippen LogP contribution in [0.5, 0.6) is 0 Å². The summed E-state index contributed by atoms with van der Waals surface area (Å²) in [4.78, 5) is 5.41. The van der Waals surface area contributed by atoms with E-state index in [1.54, 1.807) is 0 Å². The topological polar surface area (TPSA) is 26.7 Å². The molecule has 1 aromatic carbocycles. The minimum absolute atomic E-state index is 0.499. The fourth-order valence-corrected chi connectivity index (χ4v) is 5.43. The summed E-state index contributed by atoms with van der Waals surface area (Å²) in [5.41, 5.74) is 0.768. The van der Waals surface area contributed by atoms with Gasteiger partial charge in [0.1, 0.15) is 0 Å². The van der Waals surface area contributed by atoms with Crippen molar-refractivity contribution in [2.75, 3.05) is 32.7 Å². The first-order valence-electron chi connectivity index (χ1n) is 10.4. The number of piperidine rings is 3. The van der Waals surface area contributed by atoms with E-state index in [1.807, 2.05) is 0 Å². The number of likely N-dealkylation sites (tertiary alicyclic amines) is 1. The second kappa shape index (κ2) is 7.77. The standard InChI is InChI=1S/C22H34N2O/c25-22(17-19-7-2-1-3-8-19)11-15-23(16-12-22)18-20-9-6-14-24-13-5-4-10-21(20)24/h1-3,7-8,20-21,25H,4-6,9-18H2/t20-,21+/m0/s1. The molecule has 2 atom stereocenters. The summed E-state index contributed by atoms with van der Waals surface area (Å²) in [5.74, 6) is 0.856. The van der Waals surface area contributed by atoms with Gasteiger partial charge in [0, 0.05) is 32.1 Å². The van der Waals surface area contributed by atoms with Gasteiger partial charge in [-0.2, -0.15) is 0 Å². The molecule has 1 N–H and O–H groups in total. The molecule has 1 aromatic rings. The molecular weight excluding hydrogens is 308 g/mol. The Kier molecular flexibility index (Phi) is 5.44. The van der Waals surface area contributed by atoms with E-state index in [2.05, 4.69) is 40.1 Å². The van der Waals surface area contributed by atoms with E-state index in [1.165, 1.54) is 57.3 Å². The Morgan fingerprint density at radius 1 is 0.920 bits per heavy atom. The molecule has 0 spiro atoms. The molecule has 3 fully saturated rings. The molecular formula is C22H34N2O. The summed E-state index contributed by atoms with van der Waals surface area (Å²) in [7, 11) is 0. The van der Waals surface area contributed by atoms with Crippen LogP contribution < -0.4 is 0 Å². The molecule has 0 amide bonds. The predicted molar refractivity (Wildman–Crippen MR) is 103 cm³/mol. The quantitative estimate of drug-likeness (QED) is 0.909. The molecule has 0 saturated carbocycles. The zero-order valence-corrected chi connectivity index (χ0v) is 15.6. The average molecular weight is 343 g/mol. The van der Waals surface area contributed by atoms with Crippen LogP contribution in [0.3, 0.4) is 0 Å². The van der Waals surface area contributed by atoms with Gasteiger partial charge in [-0.15, -0.1) is 0 Å². The van der Waals surface area contributed by atoms with Gasteiger partial charge in [0.15, 0.2) is 0 Å². The highest BCUT2D eigenvalue weighted by Gasteiger charge is 2.37. The average Bonchev–Trinajstić information content (AvgIpc) is 2.65. The molecule has 3 heterocycles. The van der Waals surface area contributed by atoms with Crippen molar-refractivity contribution in [2.45, 2.75) is 63.0 Å². The molecule has 3 nitrogen and oxygen atoms in total. The van der Waals surface area contributed by atoms with Crippen molar-refractivity contribution >= 4 is 0 Å². The van der Waals surface area contributed by atoms with E-state index in [9.17, 15) is 5.11 Å². The lowest BCUT2D eigenvalue weighted by Gasteiger charge is -2.47. The fourth-order valence-electron chi connectivity index (χ4n) is 5.43. The van der Waals surface area contributed by atoms with Gasteiger partial charge in [-0.05, 0) is 63.1 Å². The van der Waals surface area contributed by atoms with Gasteiger partial charge in [0.25, 0.3) is 0 Å². The Morgan fingerprint density at radius 2 is 1.68 bits per heavy atom. The second-order valence-electron chi connectivity index (χ2n) is 8.69. The molecule has 0 radical (unpaired) electrons. The van der Waals surface area contributed by atoms with Crippen LogP contribution >= 0.6 is 0 Å². The smallest absolute Gasteiger partial charge is 0.0712 e.